The van der Waals surface area contributed by atoms with Gasteiger partial charge >= 0.3 is 47.5 Å². The van der Waals surface area contributed by atoms with Crippen LogP contribution in [0.15, 0.2) is 0 Å². The minimum atomic E-state index is -2.53. The van der Waals surface area contributed by atoms with Gasteiger partial charge in [-0.15, -0.1) is 0 Å². The molecule has 0 aromatic heterocycles. The van der Waals surface area contributed by atoms with E-state index in [0.717, 1.165) is 0 Å². The van der Waals surface area contributed by atoms with E-state index in [2.05, 4.69) is 4.74 Å². The zero-order valence-corrected chi connectivity index (χ0v) is 11.4. The van der Waals surface area contributed by atoms with Gasteiger partial charge in [-0.2, -0.15) is 0 Å². The van der Waals surface area contributed by atoms with E-state index in [1.54, 1.807) is 0 Å². The molecule has 18 heavy (non-hydrogen) atoms. The van der Waals surface area contributed by atoms with Crippen molar-refractivity contribution in [2.75, 3.05) is 0 Å². The average molecular weight is 272 g/mol. The van der Waals surface area contributed by atoms with Crippen LogP contribution in [0.4, 0.5) is 0 Å². The molecule has 2 unspecified atom stereocenters. The normalized spacial score (nSPS) is 12.8. The third-order valence-electron chi connectivity index (χ3n) is 1.54. The SMILES string of the molecule is O=C(O)CCC(=O)OC(=O)C(O)C(O)C(=O)[O-].[Na+]. The van der Waals surface area contributed by atoms with Gasteiger partial charge in [-0.3, -0.25) is 9.59 Å². The van der Waals surface area contributed by atoms with Crippen molar-refractivity contribution in [3.05, 3.63) is 0 Å². The van der Waals surface area contributed by atoms with Gasteiger partial charge in [-0.25, -0.2) is 4.79 Å². The fourth-order valence-electron chi connectivity index (χ4n) is 0.690. The molecule has 3 N–H and O–H groups in total. The number of esters is 2. The molecular weight excluding hydrogens is 263 g/mol. The number of carbonyl (C=O) groups excluding carboxylic acids is 3. The summed E-state index contributed by atoms with van der Waals surface area (Å²) in [6.45, 7) is 0. The Bertz CT molecular complexity index is 339. The van der Waals surface area contributed by atoms with Gasteiger partial charge in [-0.05, 0) is 0 Å². The van der Waals surface area contributed by atoms with Gasteiger partial charge < -0.3 is 30.0 Å². The molecule has 0 amide bonds. The molecule has 0 rings (SSSR count). The number of aliphatic hydroxyl groups is 2. The molecule has 2 atom stereocenters. The first-order chi connectivity index (χ1) is 7.75. The van der Waals surface area contributed by atoms with Crippen molar-refractivity contribution in [3.8, 4) is 0 Å². The van der Waals surface area contributed by atoms with Crippen molar-refractivity contribution in [2.45, 2.75) is 25.0 Å². The Balaban J connectivity index is 0. The molecule has 0 aliphatic rings. The number of hydrogen-bond donors (Lipinski definition) is 3. The molecule has 0 bridgehead atoms. The van der Waals surface area contributed by atoms with Gasteiger partial charge in [0.05, 0.1) is 18.8 Å². The van der Waals surface area contributed by atoms with Crippen LogP contribution in [0.5, 0.6) is 0 Å². The molecule has 0 saturated heterocycles. The van der Waals surface area contributed by atoms with E-state index in [0.29, 0.717) is 0 Å². The molecule has 0 aromatic carbocycles. The number of aliphatic carboxylic acids is 2. The summed E-state index contributed by atoms with van der Waals surface area (Å²) in [5.74, 6) is -6.38. The average Bonchev–Trinajstić information content (AvgIpc) is 2.23. The van der Waals surface area contributed by atoms with Crippen LogP contribution in [0.1, 0.15) is 12.8 Å². The fourth-order valence-corrected chi connectivity index (χ4v) is 0.690. The number of aliphatic hydroxyl groups excluding tert-OH is 2. The molecule has 0 heterocycles. The predicted octanol–water partition coefficient (Wildman–Crippen LogP) is -6.60. The van der Waals surface area contributed by atoms with E-state index in [1.165, 1.54) is 0 Å². The quantitative estimate of drug-likeness (QED) is 0.242. The third-order valence-corrected chi connectivity index (χ3v) is 1.54. The van der Waals surface area contributed by atoms with Crippen LogP contribution in [0, 0.1) is 0 Å². The summed E-state index contributed by atoms with van der Waals surface area (Å²) in [5, 5.41) is 35.8. The van der Waals surface area contributed by atoms with Crippen LogP contribution in [0.2, 0.25) is 0 Å². The van der Waals surface area contributed by atoms with Gasteiger partial charge in [0.2, 0.25) is 0 Å². The Kier molecular flexibility index (Phi) is 9.67. The van der Waals surface area contributed by atoms with Crippen molar-refractivity contribution in [2.24, 2.45) is 0 Å². The van der Waals surface area contributed by atoms with Crippen LogP contribution in [-0.2, 0) is 23.9 Å². The Morgan fingerprint density at radius 1 is 1.06 bits per heavy atom. The first-order valence-electron chi connectivity index (χ1n) is 4.29. The summed E-state index contributed by atoms with van der Waals surface area (Å²) in [4.78, 5) is 41.8. The number of carbonyl (C=O) groups is 4. The fraction of sp³-hybridized carbons (Fsp3) is 0.500. The topological polar surface area (TPSA) is 161 Å². The predicted molar refractivity (Wildman–Crippen MR) is 45.0 cm³/mol. The van der Waals surface area contributed by atoms with E-state index in [4.69, 9.17) is 15.3 Å². The van der Waals surface area contributed by atoms with Crippen LogP contribution in [-0.4, -0.2) is 51.4 Å². The number of rotatable bonds is 6. The number of carboxylic acid groups (broad SMARTS) is 2. The van der Waals surface area contributed by atoms with Crippen LogP contribution < -0.4 is 34.7 Å². The Labute approximate surface area is 123 Å². The van der Waals surface area contributed by atoms with Crippen molar-refractivity contribution in [1.82, 2.24) is 0 Å². The standard InChI is InChI=1S/C8H10O9.Na/c9-3(10)1-2-4(11)17-8(16)6(13)5(12)7(14)15;/h5-6,12-13H,1-2H2,(H,9,10)(H,14,15);/q;+1/p-1. The van der Waals surface area contributed by atoms with E-state index in [-0.39, 0.29) is 29.6 Å². The minimum absolute atomic E-state index is 0. The maximum atomic E-state index is 10.9. The van der Waals surface area contributed by atoms with Crippen molar-refractivity contribution in [1.29, 1.82) is 0 Å². The molecule has 9 nitrogen and oxygen atoms in total. The molecule has 96 valence electrons. The van der Waals surface area contributed by atoms with E-state index in [1.807, 2.05) is 0 Å². The van der Waals surface area contributed by atoms with Gasteiger partial charge in [-0.1, -0.05) is 0 Å². The Morgan fingerprint density at radius 2 is 1.56 bits per heavy atom. The van der Waals surface area contributed by atoms with Crippen LogP contribution in [0.25, 0.3) is 0 Å². The Morgan fingerprint density at radius 3 is 1.94 bits per heavy atom. The summed E-state index contributed by atoms with van der Waals surface area (Å²) in [7, 11) is 0. The van der Waals surface area contributed by atoms with E-state index >= 15 is 0 Å². The Hall–Kier alpha value is -1.00. The molecule has 0 fully saturated rings. The molecule has 0 spiro atoms. The number of hydrogen-bond acceptors (Lipinski definition) is 8. The maximum absolute atomic E-state index is 10.9. The zero-order valence-electron chi connectivity index (χ0n) is 9.36. The number of ether oxygens (including phenoxy) is 1. The first-order valence-corrected chi connectivity index (χ1v) is 4.29. The van der Waals surface area contributed by atoms with Gasteiger partial charge in [0, 0.05) is 0 Å². The van der Waals surface area contributed by atoms with Crippen LogP contribution >= 0.6 is 0 Å². The maximum Gasteiger partial charge on any atom is 1.00 e. The van der Waals surface area contributed by atoms with Gasteiger partial charge in [0.15, 0.2) is 6.10 Å². The van der Waals surface area contributed by atoms with Crippen molar-refractivity contribution in [3.63, 3.8) is 0 Å². The first kappa shape index (κ1) is 19.3. The van der Waals surface area contributed by atoms with Crippen LogP contribution in [0.3, 0.4) is 0 Å². The summed E-state index contributed by atoms with van der Waals surface area (Å²) in [6.07, 6.45) is -6.23. The summed E-state index contributed by atoms with van der Waals surface area (Å²) < 4.78 is 3.89. The number of carboxylic acids is 2. The summed E-state index contributed by atoms with van der Waals surface area (Å²) in [5.41, 5.74) is 0. The van der Waals surface area contributed by atoms with Crippen molar-refractivity contribution >= 4 is 23.9 Å². The van der Waals surface area contributed by atoms with Crippen molar-refractivity contribution < 1.29 is 73.9 Å². The zero-order chi connectivity index (χ0) is 13.6. The monoisotopic (exact) mass is 272 g/mol. The summed E-state index contributed by atoms with van der Waals surface area (Å²) >= 11 is 0. The summed E-state index contributed by atoms with van der Waals surface area (Å²) in [6, 6.07) is 0. The molecule has 0 aromatic rings. The second-order valence-electron chi connectivity index (χ2n) is 2.90. The molecule has 0 aliphatic heterocycles. The second kappa shape index (κ2) is 9.00. The second-order valence-corrected chi connectivity index (χ2v) is 2.90. The van der Waals surface area contributed by atoms with Gasteiger partial charge in [0.25, 0.3) is 0 Å². The van der Waals surface area contributed by atoms with Gasteiger partial charge in [0.1, 0.15) is 6.10 Å². The van der Waals surface area contributed by atoms with E-state index < -0.39 is 48.9 Å². The molecule has 0 radical (unpaired) electrons. The third kappa shape index (κ3) is 7.35. The smallest absolute Gasteiger partial charge is 0.547 e. The molecule has 0 aliphatic carbocycles. The molecule has 0 saturated carbocycles. The molecule has 10 heteroatoms. The minimum Gasteiger partial charge on any atom is -0.547 e. The molecular formula is C8H9NaO9. The van der Waals surface area contributed by atoms with E-state index in [9.17, 15) is 24.3 Å². The largest absolute Gasteiger partial charge is 1.00 e.